The summed E-state index contributed by atoms with van der Waals surface area (Å²) in [6, 6.07) is 12.9. The van der Waals surface area contributed by atoms with Crippen molar-refractivity contribution >= 4 is 15.7 Å². The summed E-state index contributed by atoms with van der Waals surface area (Å²) in [5, 5.41) is 4.07. The van der Waals surface area contributed by atoms with Crippen molar-refractivity contribution in [3.05, 3.63) is 77.9 Å². The maximum Gasteiger partial charge on any atom is 0.276 e. The highest BCUT2D eigenvalue weighted by atomic mass is 32.2. The second-order valence-electron chi connectivity index (χ2n) is 6.08. The highest BCUT2D eigenvalue weighted by Crippen LogP contribution is 2.17. The molecule has 0 aliphatic rings. The molecule has 0 atom stereocenters. The summed E-state index contributed by atoms with van der Waals surface area (Å²) in [5.74, 6) is 0. The molecular weight excluding hydrogens is 348 g/mol. The van der Waals surface area contributed by atoms with Crippen LogP contribution in [0.1, 0.15) is 23.6 Å². The highest BCUT2D eigenvalue weighted by molar-refractivity contribution is 7.89. The minimum Gasteiger partial charge on any atom is -0.306 e. The number of rotatable bonds is 5. The molecule has 0 spiro atoms. The molecule has 0 saturated carbocycles. The van der Waals surface area contributed by atoms with Crippen LogP contribution in [-0.2, 0) is 10.0 Å². The summed E-state index contributed by atoms with van der Waals surface area (Å²) in [7, 11) is -3.71. The summed E-state index contributed by atoms with van der Waals surface area (Å²) in [6.07, 6.45) is 5.28. The molecule has 7 heteroatoms. The fourth-order valence-electron chi connectivity index (χ4n) is 2.53. The lowest BCUT2D eigenvalue weighted by Gasteiger charge is -2.09. The predicted molar refractivity (Wildman–Crippen MR) is 102 cm³/mol. The van der Waals surface area contributed by atoms with Crippen LogP contribution in [0.5, 0.6) is 0 Å². The molecule has 134 valence electrons. The normalized spacial score (nSPS) is 12.2. The topological polar surface area (TPSA) is 76.3 Å². The molecule has 0 bridgehead atoms. The van der Waals surface area contributed by atoms with E-state index in [2.05, 4.69) is 14.9 Å². The number of nitrogens with zero attached hydrogens (tertiary/aromatic N) is 3. The largest absolute Gasteiger partial charge is 0.306 e. The van der Waals surface area contributed by atoms with Crippen molar-refractivity contribution in [2.24, 2.45) is 5.10 Å². The third kappa shape index (κ3) is 3.83. The molecule has 26 heavy (non-hydrogen) atoms. The zero-order valence-electron chi connectivity index (χ0n) is 14.8. The summed E-state index contributed by atoms with van der Waals surface area (Å²) in [4.78, 5) is 6.59. The van der Waals surface area contributed by atoms with E-state index in [9.17, 15) is 8.42 Å². The molecule has 1 N–H and O–H groups in total. The molecule has 0 amide bonds. The number of hydrogen-bond donors (Lipinski definition) is 1. The lowest BCUT2D eigenvalue weighted by molar-refractivity contribution is 0.583. The van der Waals surface area contributed by atoms with Crippen LogP contribution in [0.25, 0.3) is 5.69 Å². The number of benzene rings is 2. The van der Waals surface area contributed by atoms with E-state index in [1.165, 1.54) is 0 Å². The maximum absolute atomic E-state index is 12.5. The van der Waals surface area contributed by atoms with Gasteiger partial charge in [-0.1, -0.05) is 24.3 Å². The number of hydrazone groups is 1. The molecule has 0 aliphatic heterocycles. The third-order valence-corrected chi connectivity index (χ3v) is 5.40. The van der Waals surface area contributed by atoms with Gasteiger partial charge in [-0.25, -0.2) is 4.98 Å². The van der Waals surface area contributed by atoms with Crippen molar-refractivity contribution in [2.45, 2.75) is 25.7 Å². The van der Waals surface area contributed by atoms with Gasteiger partial charge in [0.1, 0.15) is 0 Å². The van der Waals surface area contributed by atoms with Crippen LogP contribution in [0.3, 0.4) is 0 Å². The van der Waals surface area contributed by atoms with Gasteiger partial charge in [-0.2, -0.15) is 18.4 Å². The van der Waals surface area contributed by atoms with E-state index in [0.717, 1.165) is 16.8 Å². The Morgan fingerprint density at radius 3 is 2.50 bits per heavy atom. The standard InChI is InChI=1S/C19H20N4O2S/c1-14-4-5-15(2)19(12-14)26(24,25)22-21-16(3)17-6-8-18(9-7-17)23-11-10-20-13-23/h4-13,22H,1-3H3. The van der Waals surface area contributed by atoms with Crippen molar-refractivity contribution in [1.29, 1.82) is 0 Å². The lowest BCUT2D eigenvalue weighted by Crippen LogP contribution is -2.21. The van der Waals surface area contributed by atoms with Crippen molar-refractivity contribution in [1.82, 2.24) is 14.4 Å². The van der Waals surface area contributed by atoms with Gasteiger partial charge in [-0.3, -0.25) is 0 Å². The number of sulfonamides is 1. The van der Waals surface area contributed by atoms with Crippen LogP contribution >= 0.6 is 0 Å². The molecule has 0 saturated heterocycles. The van der Waals surface area contributed by atoms with Gasteiger partial charge in [0.15, 0.2) is 0 Å². The van der Waals surface area contributed by atoms with Gasteiger partial charge < -0.3 is 4.57 Å². The van der Waals surface area contributed by atoms with Crippen molar-refractivity contribution in [3.63, 3.8) is 0 Å². The number of imidazole rings is 1. The monoisotopic (exact) mass is 368 g/mol. The zero-order chi connectivity index (χ0) is 18.7. The van der Waals surface area contributed by atoms with Crippen LogP contribution in [0.4, 0.5) is 0 Å². The molecule has 0 fully saturated rings. The second kappa shape index (κ2) is 7.13. The number of nitrogens with one attached hydrogen (secondary N) is 1. The molecule has 0 radical (unpaired) electrons. The van der Waals surface area contributed by atoms with E-state index < -0.39 is 10.0 Å². The molecule has 2 aromatic carbocycles. The van der Waals surface area contributed by atoms with Gasteiger partial charge in [0.2, 0.25) is 0 Å². The van der Waals surface area contributed by atoms with Crippen molar-refractivity contribution < 1.29 is 8.42 Å². The average molecular weight is 368 g/mol. The van der Waals surface area contributed by atoms with Crippen LogP contribution in [-0.4, -0.2) is 23.7 Å². The Kier molecular flexibility index (Phi) is 4.90. The molecule has 0 unspecified atom stereocenters. The minimum absolute atomic E-state index is 0.240. The number of aryl methyl sites for hydroxylation is 2. The van der Waals surface area contributed by atoms with Crippen molar-refractivity contribution in [3.8, 4) is 5.69 Å². The first-order chi connectivity index (χ1) is 12.4. The lowest BCUT2D eigenvalue weighted by atomic mass is 10.1. The Morgan fingerprint density at radius 1 is 1.12 bits per heavy atom. The Bertz CT molecular complexity index is 1040. The molecule has 1 aromatic heterocycles. The second-order valence-corrected chi connectivity index (χ2v) is 7.71. The summed E-state index contributed by atoms with van der Waals surface area (Å²) >= 11 is 0. The fourth-order valence-corrected chi connectivity index (χ4v) is 3.71. The molecule has 6 nitrogen and oxygen atoms in total. The van der Waals surface area contributed by atoms with Crippen LogP contribution < -0.4 is 4.83 Å². The maximum atomic E-state index is 12.5. The summed E-state index contributed by atoms with van der Waals surface area (Å²) in [6.45, 7) is 5.38. The first-order valence-corrected chi connectivity index (χ1v) is 9.57. The van der Waals surface area contributed by atoms with E-state index in [-0.39, 0.29) is 4.90 Å². The zero-order valence-corrected chi connectivity index (χ0v) is 15.7. The fraction of sp³-hybridized carbons (Fsp3) is 0.158. The number of aromatic nitrogens is 2. The summed E-state index contributed by atoms with van der Waals surface area (Å²) < 4.78 is 26.9. The highest BCUT2D eigenvalue weighted by Gasteiger charge is 2.16. The van der Waals surface area contributed by atoms with Crippen LogP contribution in [0.2, 0.25) is 0 Å². The Labute approximate surface area is 153 Å². The van der Waals surface area contributed by atoms with E-state index in [4.69, 9.17) is 0 Å². The molecule has 3 aromatic rings. The van der Waals surface area contributed by atoms with E-state index in [1.54, 1.807) is 38.5 Å². The van der Waals surface area contributed by atoms with Gasteiger partial charge in [0.05, 0.1) is 16.9 Å². The van der Waals surface area contributed by atoms with E-state index in [1.807, 2.05) is 48.0 Å². The molecule has 0 aliphatic carbocycles. The van der Waals surface area contributed by atoms with E-state index >= 15 is 0 Å². The first kappa shape index (κ1) is 17.9. The molecule has 1 heterocycles. The quantitative estimate of drug-likeness (QED) is 0.555. The predicted octanol–water partition coefficient (Wildman–Crippen LogP) is 3.19. The summed E-state index contributed by atoms with van der Waals surface area (Å²) in [5.41, 5.74) is 3.94. The van der Waals surface area contributed by atoms with Crippen LogP contribution in [0.15, 0.2) is 71.2 Å². The number of hydrogen-bond acceptors (Lipinski definition) is 4. The van der Waals surface area contributed by atoms with Gasteiger partial charge in [-0.05, 0) is 55.7 Å². The van der Waals surface area contributed by atoms with Gasteiger partial charge in [-0.15, -0.1) is 0 Å². The van der Waals surface area contributed by atoms with Gasteiger partial charge in [0.25, 0.3) is 10.0 Å². The molecular formula is C19H20N4O2S. The van der Waals surface area contributed by atoms with Gasteiger partial charge in [0, 0.05) is 18.1 Å². The minimum atomic E-state index is -3.71. The Morgan fingerprint density at radius 2 is 1.85 bits per heavy atom. The SMILES string of the molecule is CC(=NNS(=O)(=O)c1cc(C)ccc1C)c1ccc(-n2ccnc2)cc1. The first-order valence-electron chi connectivity index (χ1n) is 8.09. The Hall–Kier alpha value is -2.93. The van der Waals surface area contributed by atoms with Crippen LogP contribution in [0, 0.1) is 13.8 Å². The Balaban J connectivity index is 1.80. The third-order valence-electron chi connectivity index (χ3n) is 4.05. The molecule has 3 rings (SSSR count). The van der Waals surface area contributed by atoms with E-state index in [0.29, 0.717) is 11.3 Å². The average Bonchev–Trinajstić information content (AvgIpc) is 3.16. The smallest absolute Gasteiger partial charge is 0.276 e. The van der Waals surface area contributed by atoms with Gasteiger partial charge >= 0.3 is 0 Å². The van der Waals surface area contributed by atoms with Crippen molar-refractivity contribution in [2.75, 3.05) is 0 Å².